The number of rotatable bonds is 3. The van der Waals surface area contributed by atoms with Crippen molar-refractivity contribution in [3.05, 3.63) is 34.9 Å². The average molecular weight is 254 g/mol. The molecule has 0 fully saturated rings. The Morgan fingerprint density at radius 1 is 1.53 bits per heavy atom. The zero-order valence-corrected chi connectivity index (χ0v) is 10.1. The predicted octanol–water partition coefficient (Wildman–Crippen LogP) is 2.40. The molecule has 1 aliphatic heterocycles. The van der Waals surface area contributed by atoms with E-state index in [0.717, 1.165) is 11.3 Å². The Labute approximate surface area is 104 Å². The molecular weight excluding hydrogens is 242 g/mol. The second kappa shape index (κ2) is 5.19. The standard InChI is InChI=1S/C12H12ClNO3/c1-16-12(15)7-10-6-11(14-17-10)8-2-4-9(13)5-3-8/h2-5,10H,6-7H2,1H3. The van der Waals surface area contributed by atoms with E-state index in [1.54, 1.807) is 12.1 Å². The van der Waals surface area contributed by atoms with Crippen LogP contribution >= 0.6 is 11.6 Å². The number of esters is 1. The predicted molar refractivity (Wildman–Crippen MR) is 64.1 cm³/mol. The Morgan fingerprint density at radius 2 is 2.24 bits per heavy atom. The zero-order chi connectivity index (χ0) is 12.3. The number of oxime groups is 1. The molecule has 5 heteroatoms. The minimum atomic E-state index is -0.289. The number of nitrogens with zero attached hydrogens (tertiary/aromatic N) is 1. The van der Waals surface area contributed by atoms with Crippen LogP contribution in [0.25, 0.3) is 0 Å². The highest BCUT2D eigenvalue weighted by atomic mass is 35.5. The Hall–Kier alpha value is -1.55. The maximum atomic E-state index is 11.1. The number of hydrogen-bond donors (Lipinski definition) is 0. The molecule has 1 unspecified atom stereocenters. The van der Waals surface area contributed by atoms with Crippen molar-refractivity contribution in [3.63, 3.8) is 0 Å². The van der Waals surface area contributed by atoms with E-state index >= 15 is 0 Å². The van der Waals surface area contributed by atoms with Gasteiger partial charge in [-0.2, -0.15) is 0 Å². The van der Waals surface area contributed by atoms with Crippen molar-refractivity contribution in [2.24, 2.45) is 5.16 Å². The third kappa shape index (κ3) is 2.97. The van der Waals surface area contributed by atoms with Crippen LogP contribution < -0.4 is 0 Å². The van der Waals surface area contributed by atoms with Gasteiger partial charge in [-0.15, -0.1) is 0 Å². The summed E-state index contributed by atoms with van der Waals surface area (Å²) in [6.45, 7) is 0. The van der Waals surface area contributed by atoms with Gasteiger partial charge in [0.1, 0.15) is 6.10 Å². The van der Waals surface area contributed by atoms with E-state index in [2.05, 4.69) is 9.89 Å². The molecule has 0 aliphatic carbocycles. The van der Waals surface area contributed by atoms with Crippen LogP contribution in [0.4, 0.5) is 0 Å². The third-order valence-electron chi connectivity index (χ3n) is 2.53. The SMILES string of the molecule is COC(=O)CC1CC(c2ccc(Cl)cc2)=NO1. The Balaban J connectivity index is 1.97. The summed E-state index contributed by atoms with van der Waals surface area (Å²) >= 11 is 5.80. The Bertz CT molecular complexity index is 442. The number of ether oxygens (including phenoxy) is 1. The first kappa shape index (κ1) is 11.9. The zero-order valence-electron chi connectivity index (χ0n) is 9.35. The molecule has 0 radical (unpaired) electrons. The maximum Gasteiger partial charge on any atom is 0.309 e. The van der Waals surface area contributed by atoms with E-state index in [1.165, 1.54) is 7.11 Å². The summed E-state index contributed by atoms with van der Waals surface area (Å²) in [5, 5.41) is 4.65. The molecule has 1 heterocycles. The van der Waals surface area contributed by atoms with Crippen molar-refractivity contribution in [1.29, 1.82) is 0 Å². The monoisotopic (exact) mass is 253 g/mol. The van der Waals surface area contributed by atoms with Crippen LogP contribution in [0, 0.1) is 0 Å². The molecule has 4 nitrogen and oxygen atoms in total. The van der Waals surface area contributed by atoms with E-state index in [-0.39, 0.29) is 18.5 Å². The van der Waals surface area contributed by atoms with Gasteiger partial charge in [0, 0.05) is 11.4 Å². The van der Waals surface area contributed by atoms with Crippen LogP contribution in [0.2, 0.25) is 5.02 Å². The smallest absolute Gasteiger partial charge is 0.309 e. The lowest BCUT2D eigenvalue weighted by molar-refractivity contribution is -0.143. The molecule has 1 aromatic rings. The van der Waals surface area contributed by atoms with Crippen molar-refractivity contribution in [2.45, 2.75) is 18.9 Å². The molecule has 90 valence electrons. The van der Waals surface area contributed by atoms with E-state index in [4.69, 9.17) is 16.4 Å². The van der Waals surface area contributed by atoms with Crippen molar-refractivity contribution >= 4 is 23.3 Å². The van der Waals surface area contributed by atoms with E-state index < -0.39 is 0 Å². The molecule has 0 amide bonds. The van der Waals surface area contributed by atoms with Crippen molar-refractivity contribution < 1.29 is 14.4 Å². The Kier molecular flexibility index (Phi) is 3.64. The van der Waals surface area contributed by atoms with Gasteiger partial charge in [-0.05, 0) is 17.7 Å². The highest BCUT2D eigenvalue weighted by Gasteiger charge is 2.24. The molecule has 17 heavy (non-hydrogen) atoms. The summed E-state index contributed by atoms with van der Waals surface area (Å²) in [6.07, 6.45) is 0.599. The summed E-state index contributed by atoms with van der Waals surface area (Å²) in [4.78, 5) is 16.3. The minimum absolute atomic E-state index is 0.219. The second-order valence-electron chi connectivity index (χ2n) is 3.76. The average Bonchev–Trinajstić information content (AvgIpc) is 2.78. The fourth-order valence-electron chi connectivity index (χ4n) is 1.62. The van der Waals surface area contributed by atoms with Crippen molar-refractivity contribution in [2.75, 3.05) is 7.11 Å². The topological polar surface area (TPSA) is 47.9 Å². The van der Waals surface area contributed by atoms with E-state index in [0.29, 0.717) is 11.4 Å². The van der Waals surface area contributed by atoms with Gasteiger partial charge in [0.05, 0.1) is 19.2 Å². The first-order chi connectivity index (χ1) is 8.19. The van der Waals surface area contributed by atoms with Gasteiger partial charge in [-0.3, -0.25) is 4.79 Å². The molecule has 1 aliphatic rings. The van der Waals surface area contributed by atoms with E-state index in [9.17, 15) is 4.79 Å². The number of methoxy groups -OCH3 is 1. The molecule has 0 spiro atoms. The number of carbonyl (C=O) groups is 1. The van der Waals surface area contributed by atoms with Crippen molar-refractivity contribution in [1.82, 2.24) is 0 Å². The highest BCUT2D eigenvalue weighted by Crippen LogP contribution is 2.20. The fourth-order valence-corrected chi connectivity index (χ4v) is 1.75. The fraction of sp³-hybridized carbons (Fsp3) is 0.333. The molecule has 1 aromatic carbocycles. The molecule has 0 saturated heterocycles. The number of carbonyl (C=O) groups excluding carboxylic acids is 1. The summed E-state index contributed by atoms with van der Waals surface area (Å²) in [6, 6.07) is 7.36. The van der Waals surface area contributed by atoms with Crippen LogP contribution in [0.3, 0.4) is 0 Å². The van der Waals surface area contributed by atoms with Gasteiger partial charge in [0.15, 0.2) is 0 Å². The summed E-state index contributed by atoms with van der Waals surface area (Å²) in [7, 11) is 1.36. The largest absolute Gasteiger partial charge is 0.469 e. The van der Waals surface area contributed by atoms with Gasteiger partial charge in [0.25, 0.3) is 0 Å². The van der Waals surface area contributed by atoms with Gasteiger partial charge < -0.3 is 9.57 Å². The summed E-state index contributed by atoms with van der Waals surface area (Å²) in [5.74, 6) is -0.289. The lowest BCUT2D eigenvalue weighted by Crippen LogP contribution is -2.15. The number of halogens is 1. The van der Waals surface area contributed by atoms with Gasteiger partial charge >= 0.3 is 5.97 Å². The molecule has 0 bridgehead atoms. The van der Waals surface area contributed by atoms with Crippen LogP contribution in [0.5, 0.6) is 0 Å². The summed E-state index contributed by atoms with van der Waals surface area (Å²) in [5.41, 5.74) is 1.79. The summed E-state index contributed by atoms with van der Waals surface area (Å²) < 4.78 is 4.58. The van der Waals surface area contributed by atoms with Crippen LogP contribution in [-0.2, 0) is 14.4 Å². The second-order valence-corrected chi connectivity index (χ2v) is 4.19. The lowest BCUT2D eigenvalue weighted by Gasteiger charge is -2.05. The molecule has 0 saturated carbocycles. The normalized spacial score (nSPS) is 18.5. The van der Waals surface area contributed by atoms with Gasteiger partial charge in [0.2, 0.25) is 0 Å². The maximum absolute atomic E-state index is 11.1. The van der Waals surface area contributed by atoms with Crippen LogP contribution in [0.1, 0.15) is 18.4 Å². The molecule has 0 aromatic heterocycles. The number of benzene rings is 1. The number of hydrogen-bond acceptors (Lipinski definition) is 4. The molecule has 1 atom stereocenters. The minimum Gasteiger partial charge on any atom is -0.469 e. The molecule has 0 N–H and O–H groups in total. The van der Waals surface area contributed by atoms with E-state index in [1.807, 2.05) is 12.1 Å². The van der Waals surface area contributed by atoms with Gasteiger partial charge in [-0.1, -0.05) is 28.9 Å². The molecule has 2 rings (SSSR count). The van der Waals surface area contributed by atoms with Crippen LogP contribution in [-0.4, -0.2) is 24.9 Å². The first-order valence-corrected chi connectivity index (χ1v) is 5.62. The molecular formula is C12H12ClNO3. The lowest BCUT2D eigenvalue weighted by atomic mass is 10.0. The third-order valence-corrected chi connectivity index (χ3v) is 2.78. The van der Waals surface area contributed by atoms with Crippen LogP contribution in [0.15, 0.2) is 29.4 Å². The van der Waals surface area contributed by atoms with Crippen molar-refractivity contribution in [3.8, 4) is 0 Å². The first-order valence-electron chi connectivity index (χ1n) is 5.24. The highest BCUT2D eigenvalue weighted by molar-refractivity contribution is 6.30. The quantitative estimate of drug-likeness (QED) is 0.777. The Morgan fingerprint density at radius 3 is 2.88 bits per heavy atom. The van der Waals surface area contributed by atoms with Gasteiger partial charge in [-0.25, -0.2) is 0 Å².